The number of anilines is 1. The Bertz CT molecular complexity index is 1320. The molecule has 7 nitrogen and oxygen atoms in total. The van der Waals surface area contributed by atoms with E-state index in [1.165, 1.54) is 12.1 Å². The van der Waals surface area contributed by atoms with E-state index in [0.29, 0.717) is 10.6 Å². The minimum atomic E-state index is -0.814. The number of ether oxygens (including phenoxy) is 1. The van der Waals surface area contributed by atoms with Gasteiger partial charge < -0.3 is 9.30 Å². The van der Waals surface area contributed by atoms with Crippen LogP contribution in [-0.2, 0) is 9.59 Å². The van der Waals surface area contributed by atoms with Crippen molar-refractivity contribution in [3.05, 3.63) is 81.6 Å². The van der Waals surface area contributed by atoms with Crippen molar-refractivity contribution >= 4 is 41.2 Å². The normalized spacial score (nSPS) is 15.2. The average Bonchev–Trinajstić information content (AvgIpc) is 3.06. The van der Waals surface area contributed by atoms with Crippen LogP contribution in [0.15, 0.2) is 54.1 Å². The topological polar surface area (TPSA) is 80.6 Å². The van der Waals surface area contributed by atoms with Gasteiger partial charge in [-0.2, -0.15) is 0 Å². The molecule has 0 saturated carbocycles. The number of methoxy groups -OCH3 is 1. The molecule has 3 aromatic rings. The number of halogens is 1. The third kappa shape index (κ3) is 4.03. The molecule has 33 heavy (non-hydrogen) atoms. The standard InChI is InChI=1S/C25H22ClN3O4/c1-14-5-6-19(13-22(14)26)29-24(31)21(23(30)27-25(29)32)12-17-11-15(2)28(16(17)3)18-7-9-20(33-4)10-8-18/h5-13H,1-4H3,(H,27,30,32)/b21-12-. The Balaban J connectivity index is 1.74. The number of hydrogen-bond acceptors (Lipinski definition) is 4. The molecule has 1 fully saturated rings. The van der Waals surface area contributed by atoms with Crippen molar-refractivity contribution in [3.63, 3.8) is 0 Å². The number of amides is 4. The maximum Gasteiger partial charge on any atom is 0.335 e. The van der Waals surface area contributed by atoms with E-state index in [1.807, 2.05) is 55.7 Å². The molecule has 0 radical (unpaired) electrons. The number of imide groups is 2. The summed E-state index contributed by atoms with van der Waals surface area (Å²) in [5.74, 6) is -0.708. The number of nitrogens with one attached hydrogen (secondary N) is 1. The predicted octanol–water partition coefficient (Wildman–Crippen LogP) is 4.73. The predicted molar refractivity (Wildman–Crippen MR) is 127 cm³/mol. The highest BCUT2D eigenvalue weighted by Gasteiger charge is 2.37. The highest BCUT2D eigenvalue weighted by Crippen LogP contribution is 2.28. The van der Waals surface area contributed by atoms with Gasteiger partial charge in [-0.15, -0.1) is 0 Å². The van der Waals surface area contributed by atoms with E-state index < -0.39 is 17.8 Å². The summed E-state index contributed by atoms with van der Waals surface area (Å²) in [6, 6.07) is 13.5. The molecule has 4 rings (SSSR count). The maximum absolute atomic E-state index is 13.2. The van der Waals surface area contributed by atoms with Crippen LogP contribution in [-0.4, -0.2) is 29.5 Å². The molecule has 1 aliphatic rings. The monoisotopic (exact) mass is 463 g/mol. The fourth-order valence-corrected chi connectivity index (χ4v) is 4.01. The number of carbonyl (C=O) groups excluding carboxylic acids is 3. The van der Waals surface area contributed by atoms with Gasteiger partial charge in [0.1, 0.15) is 11.3 Å². The van der Waals surface area contributed by atoms with E-state index in [9.17, 15) is 14.4 Å². The Hall–Kier alpha value is -3.84. The number of nitrogens with zero attached hydrogens (tertiary/aromatic N) is 2. The van der Waals surface area contributed by atoms with Crippen molar-refractivity contribution in [2.45, 2.75) is 20.8 Å². The molecular weight excluding hydrogens is 442 g/mol. The van der Waals surface area contributed by atoms with Gasteiger partial charge in [-0.1, -0.05) is 17.7 Å². The van der Waals surface area contributed by atoms with Gasteiger partial charge in [0.15, 0.2) is 0 Å². The molecule has 4 amide bonds. The Morgan fingerprint density at radius 2 is 1.61 bits per heavy atom. The second-order valence-electron chi connectivity index (χ2n) is 7.75. The summed E-state index contributed by atoms with van der Waals surface area (Å²) in [6.07, 6.45) is 1.51. The number of aryl methyl sites for hydroxylation is 2. The second-order valence-corrected chi connectivity index (χ2v) is 8.16. The summed E-state index contributed by atoms with van der Waals surface area (Å²) in [6.45, 7) is 5.65. The molecule has 2 aromatic carbocycles. The Labute approximate surface area is 196 Å². The van der Waals surface area contributed by atoms with E-state index in [1.54, 1.807) is 19.2 Å². The van der Waals surface area contributed by atoms with Crippen molar-refractivity contribution in [3.8, 4) is 11.4 Å². The number of rotatable bonds is 4. The van der Waals surface area contributed by atoms with Crippen LogP contribution in [0.1, 0.15) is 22.5 Å². The Kier molecular flexibility index (Phi) is 5.82. The third-order valence-electron chi connectivity index (χ3n) is 5.62. The fraction of sp³-hybridized carbons (Fsp3) is 0.160. The maximum atomic E-state index is 13.2. The van der Waals surface area contributed by atoms with E-state index >= 15 is 0 Å². The van der Waals surface area contributed by atoms with Gasteiger partial charge in [-0.3, -0.25) is 14.9 Å². The van der Waals surface area contributed by atoms with Gasteiger partial charge in [0, 0.05) is 22.1 Å². The highest BCUT2D eigenvalue weighted by molar-refractivity contribution is 6.39. The third-order valence-corrected chi connectivity index (χ3v) is 6.02. The molecule has 0 aliphatic carbocycles. The lowest BCUT2D eigenvalue weighted by Crippen LogP contribution is -2.54. The largest absolute Gasteiger partial charge is 0.497 e. The average molecular weight is 464 g/mol. The minimum Gasteiger partial charge on any atom is -0.497 e. The number of urea groups is 1. The first-order valence-electron chi connectivity index (χ1n) is 10.2. The minimum absolute atomic E-state index is 0.138. The summed E-state index contributed by atoms with van der Waals surface area (Å²) in [5.41, 5.74) is 4.33. The molecule has 0 unspecified atom stereocenters. The van der Waals surface area contributed by atoms with Crippen LogP contribution in [0.5, 0.6) is 5.75 Å². The molecule has 8 heteroatoms. The number of aromatic nitrogens is 1. The zero-order valence-corrected chi connectivity index (χ0v) is 19.4. The number of barbiturate groups is 1. The summed E-state index contributed by atoms with van der Waals surface area (Å²) in [7, 11) is 1.61. The van der Waals surface area contributed by atoms with Crippen molar-refractivity contribution in [2.24, 2.45) is 0 Å². The van der Waals surface area contributed by atoms with E-state index in [-0.39, 0.29) is 11.3 Å². The summed E-state index contributed by atoms with van der Waals surface area (Å²) >= 11 is 6.18. The van der Waals surface area contributed by atoms with Gasteiger partial charge >= 0.3 is 6.03 Å². The summed E-state index contributed by atoms with van der Waals surface area (Å²) < 4.78 is 7.24. The lowest BCUT2D eigenvalue weighted by atomic mass is 10.1. The molecule has 1 N–H and O–H groups in total. The highest BCUT2D eigenvalue weighted by atomic mass is 35.5. The van der Waals surface area contributed by atoms with Gasteiger partial charge in [-0.05, 0) is 80.4 Å². The van der Waals surface area contributed by atoms with Crippen LogP contribution < -0.4 is 15.0 Å². The lowest BCUT2D eigenvalue weighted by Gasteiger charge is -2.26. The smallest absolute Gasteiger partial charge is 0.335 e. The first-order chi connectivity index (χ1) is 15.7. The van der Waals surface area contributed by atoms with Crippen molar-refractivity contribution in [1.82, 2.24) is 9.88 Å². The van der Waals surface area contributed by atoms with Crippen LogP contribution >= 0.6 is 11.6 Å². The molecular formula is C25H22ClN3O4. The molecule has 1 aromatic heterocycles. The molecule has 1 saturated heterocycles. The Morgan fingerprint density at radius 3 is 2.24 bits per heavy atom. The molecule has 168 valence electrons. The zero-order valence-electron chi connectivity index (χ0n) is 18.6. The summed E-state index contributed by atoms with van der Waals surface area (Å²) in [5, 5.41) is 2.66. The SMILES string of the molecule is COc1ccc(-n2c(C)cc(/C=C3/C(=O)NC(=O)N(c4ccc(C)c(Cl)c4)C3=O)c2C)cc1. The molecule has 0 bridgehead atoms. The second kappa shape index (κ2) is 8.60. The van der Waals surface area contributed by atoms with Crippen molar-refractivity contribution in [2.75, 3.05) is 12.0 Å². The first kappa shape index (κ1) is 22.4. The van der Waals surface area contributed by atoms with E-state index in [2.05, 4.69) is 5.32 Å². The first-order valence-corrected chi connectivity index (χ1v) is 10.6. The lowest BCUT2D eigenvalue weighted by molar-refractivity contribution is -0.122. The van der Waals surface area contributed by atoms with Crippen molar-refractivity contribution in [1.29, 1.82) is 0 Å². The van der Waals surface area contributed by atoms with Crippen molar-refractivity contribution < 1.29 is 19.1 Å². The summed E-state index contributed by atoms with van der Waals surface area (Å²) in [4.78, 5) is 39.1. The van der Waals surface area contributed by atoms with Crippen LogP contribution in [0.25, 0.3) is 11.8 Å². The number of hydrogen-bond donors (Lipinski definition) is 1. The zero-order chi connectivity index (χ0) is 23.9. The molecule has 2 heterocycles. The Morgan fingerprint density at radius 1 is 0.939 bits per heavy atom. The quantitative estimate of drug-likeness (QED) is 0.448. The fourth-order valence-electron chi connectivity index (χ4n) is 3.83. The number of benzene rings is 2. The van der Waals surface area contributed by atoms with Crippen LogP contribution in [0, 0.1) is 20.8 Å². The van der Waals surface area contributed by atoms with Gasteiger partial charge in [0.2, 0.25) is 0 Å². The molecule has 1 aliphatic heterocycles. The number of carbonyl (C=O) groups is 3. The van der Waals surface area contributed by atoms with Crippen LogP contribution in [0.4, 0.5) is 10.5 Å². The van der Waals surface area contributed by atoms with E-state index in [0.717, 1.165) is 33.3 Å². The molecule has 0 atom stereocenters. The van der Waals surface area contributed by atoms with Gasteiger partial charge in [0.25, 0.3) is 11.8 Å². The van der Waals surface area contributed by atoms with Gasteiger partial charge in [-0.25, -0.2) is 9.69 Å². The van der Waals surface area contributed by atoms with Crippen LogP contribution in [0.2, 0.25) is 5.02 Å². The van der Waals surface area contributed by atoms with Gasteiger partial charge in [0.05, 0.1) is 12.8 Å². The van der Waals surface area contributed by atoms with Crippen LogP contribution in [0.3, 0.4) is 0 Å². The molecule has 0 spiro atoms. The van der Waals surface area contributed by atoms with E-state index in [4.69, 9.17) is 16.3 Å².